The van der Waals surface area contributed by atoms with E-state index in [2.05, 4.69) is 24.1 Å². The highest BCUT2D eigenvalue weighted by Gasteiger charge is 2.37. The Morgan fingerprint density at radius 1 is 1.22 bits per heavy atom. The summed E-state index contributed by atoms with van der Waals surface area (Å²) in [7, 11) is 0. The zero-order chi connectivity index (χ0) is 13.0. The number of hydrogen-bond acceptors (Lipinski definition) is 2. The number of nitrogens with one attached hydrogen (secondary N) is 1. The van der Waals surface area contributed by atoms with Crippen molar-refractivity contribution in [2.45, 2.75) is 77.3 Å². The molecular formula is C15H28N2O. The van der Waals surface area contributed by atoms with Gasteiger partial charge in [0.05, 0.1) is 12.7 Å². The largest absolute Gasteiger partial charge is 0.326 e. The fourth-order valence-electron chi connectivity index (χ4n) is 3.28. The van der Waals surface area contributed by atoms with Crippen LogP contribution in [0.15, 0.2) is 0 Å². The Morgan fingerprint density at radius 3 is 2.44 bits per heavy atom. The molecule has 1 saturated carbocycles. The van der Waals surface area contributed by atoms with Gasteiger partial charge in [0.25, 0.3) is 0 Å². The average molecular weight is 252 g/mol. The molecule has 3 nitrogen and oxygen atoms in total. The first-order valence-electron chi connectivity index (χ1n) is 7.78. The van der Waals surface area contributed by atoms with E-state index in [4.69, 9.17) is 0 Å². The van der Waals surface area contributed by atoms with Crippen molar-refractivity contribution >= 4 is 5.91 Å². The van der Waals surface area contributed by atoms with E-state index in [1.807, 2.05) is 0 Å². The fraction of sp³-hybridized carbons (Fsp3) is 0.933. The summed E-state index contributed by atoms with van der Waals surface area (Å²) >= 11 is 0. The van der Waals surface area contributed by atoms with E-state index < -0.39 is 0 Å². The van der Waals surface area contributed by atoms with Crippen molar-refractivity contribution in [1.82, 2.24) is 10.2 Å². The quantitative estimate of drug-likeness (QED) is 0.837. The Labute approximate surface area is 111 Å². The predicted molar refractivity (Wildman–Crippen MR) is 74.2 cm³/mol. The highest BCUT2D eigenvalue weighted by Crippen LogP contribution is 2.25. The molecule has 1 aliphatic carbocycles. The van der Waals surface area contributed by atoms with Gasteiger partial charge in [-0.1, -0.05) is 52.4 Å². The third-order valence-corrected chi connectivity index (χ3v) is 4.76. The molecule has 0 radical (unpaired) electrons. The van der Waals surface area contributed by atoms with E-state index in [1.165, 1.54) is 44.9 Å². The summed E-state index contributed by atoms with van der Waals surface area (Å²) in [6.07, 6.45) is 10.2. The summed E-state index contributed by atoms with van der Waals surface area (Å²) in [4.78, 5) is 14.6. The second-order valence-corrected chi connectivity index (χ2v) is 6.03. The third-order valence-electron chi connectivity index (χ3n) is 4.76. The number of nitrogens with zero attached hydrogens (tertiary/aromatic N) is 1. The van der Waals surface area contributed by atoms with E-state index >= 15 is 0 Å². The SMILES string of the molecule is CCC(C)C1NCN(C2CCCCCCC2)C1=O. The zero-order valence-electron chi connectivity index (χ0n) is 12.0. The molecule has 0 bridgehead atoms. The molecule has 1 aliphatic heterocycles. The van der Waals surface area contributed by atoms with Crippen molar-refractivity contribution in [3.8, 4) is 0 Å². The average Bonchev–Trinajstić information content (AvgIpc) is 2.70. The molecule has 1 N–H and O–H groups in total. The summed E-state index contributed by atoms with van der Waals surface area (Å²) in [5.74, 6) is 0.811. The van der Waals surface area contributed by atoms with Crippen LogP contribution in [0.1, 0.15) is 65.2 Å². The van der Waals surface area contributed by atoms with Crippen LogP contribution >= 0.6 is 0 Å². The molecule has 1 saturated heterocycles. The maximum Gasteiger partial charge on any atom is 0.241 e. The summed E-state index contributed by atoms with van der Waals surface area (Å²) < 4.78 is 0. The number of carbonyl (C=O) groups excluding carboxylic acids is 1. The first kappa shape index (κ1) is 13.9. The van der Waals surface area contributed by atoms with Crippen molar-refractivity contribution in [3.63, 3.8) is 0 Å². The minimum Gasteiger partial charge on any atom is -0.326 e. The van der Waals surface area contributed by atoms with Gasteiger partial charge in [-0.3, -0.25) is 10.1 Å². The van der Waals surface area contributed by atoms with Gasteiger partial charge in [0.1, 0.15) is 0 Å². The fourth-order valence-corrected chi connectivity index (χ4v) is 3.28. The maximum atomic E-state index is 12.5. The summed E-state index contributed by atoms with van der Waals surface area (Å²) in [5.41, 5.74) is 0. The molecule has 2 atom stereocenters. The Kier molecular flexibility index (Phi) is 5.04. The van der Waals surface area contributed by atoms with E-state index in [9.17, 15) is 4.79 Å². The molecule has 0 spiro atoms. The van der Waals surface area contributed by atoms with Gasteiger partial charge < -0.3 is 4.90 Å². The van der Waals surface area contributed by atoms with E-state index in [0.29, 0.717) is 17.9 Å². The molecule has 3 heteroatoms. The molecule has 1 amide bonds. The van der Waals surface area contributed by atoms with Gasteiger partial charge >= 0.3 is 0 Å². The van der Waals surface area contributed by atoms with Crippen LogP contribution in [-0.2, 0) is 4.79 Å². The molecule has 0 aromatic heterocycles. The van der Waals surface area contributed by atoms with Gasteiger partial charge in [0, 0.05) is 6.04 Å². The topological polar surface area (TPSA) is 32.3 Å². The van der Waals surface area contributed by atoms with Crippen LogP contribution < -0.4 is 5.32 Å². The third kappa shape index (κ3) is 3.05. The Morgan fingerprint density at radius 2 is 1.83 bits per heavy atom. The molecule has 0 aromatic carbocycles. The lowest BCUT2D eigenvalue weighted by Gasteiger charge is -2.29. The summed E-state index contributed by atoms with van der Waals surface area (Å²) in [5, 5.41) is 3.42. The first-order chi connectivity index (χ1) is 8.74. The number of hydrogen-bond donors (Lipinski definition) is 1. The molecule has 2 aliphatic rings. The molecule has 2 rings (SSSR count). The van der Waals surface area contributed by atoms with Crippen LogP contribution in [-0.4, -0.2) is 29.6 Å². The number of carbonyl (C=O) groups is 1. The van der Waals surface area contributed by atoms with E-state index in [-0.39, 0.29) is 6.04 Å². The van der Waals surface area contributed by atoms with Crippen LogP contribution in [0, 0.1) is 5.92 Å². The minimum atomic E-state index is 0.0699. The summed E-state index contributed by atoms with van der Waals surface area (Å²) in [6.45, 7) is 5.12. The highest BCUT2D eigenvalue weighted by atomic mass is 16.2. The van der Waals surface area contributed by atoms with Gasteiger partial charge in [-0.05, 0) is 18.8 Å². The van der Waals surface area contributed by atoms with Gasteiger partial charge in [-0.25, -0.2) is 0 Å². The van der Waals surface area contributed by atoms with Gasteiger partial charge in [0.15, 0.2) is 0 Å². The van der Waals surface area contributed by atoms with Crippen LogP contribution in [0.5, 0.6) is 0 Å². The zero-order valence-corrected chi connectivity index (χ0v) is 12.0. The first-order valence-corrected chi connectivity index (χ1v) is 7.78. The maximum absolute atomic E-state index is 12.5. The van der Waals surface area contributed by atoms with Crippen molar-refractivity contribution in [2.75, 3.05) is 6.67 Å². The lowest BCUT2D eigenvalue weighted by molar-refractivity contribution is -0.132. The smallest absolute Gasteiger partial charge is 0.241 e. The van der Waals surface area contributed by atoms with Gasteiger partial charge in [-0.15, -0.1) is 0 Å². The molecule has 1 heterocycles. The molecule has 0 aromatic rings. The van der Waals surface area contributed by atoms with Crippen LogP contribution in [0.4, 0.5) is 0 Å². The number of amides is 1. The van der Waals surface area contributed by atoms with Crippen molar-refractivity contribution < 1.29 is 4.79 Å². The lowest BCUT2D eigenvalue weighted by Crippen LogP contribution is -2.40. The standard InChI is InChI=1S/C15H28N2O/c1-3-12(2)14-15(18)17(11-16-14)13-9-7-5-4-6-8-10-13/h12-14,16H,3-11H2,1-2H3. The van der Waals surface area contributed by atoms with Gasteiger partial charge in [-0.2, -0.15) is 0 Å². The van der Waals surface area contributed by atoms with Crippen LogP contribution in [0.2, 0.25) is 0 Å². The Bertz CT molecular complexity index is 272. The Balaban J connectivity index is 1.94. The van der Waals surface area contributed by atoms with Crippen LogP contribution in [0.3, 0.4) is 0 Å². The number of rotatable bonds is 3. The Hall–Kier alpha value is -0.570. The van der Waals surface area contributed by atoms with E-state index in [1.54, 1.807) is 0 Å². The normalized spacial score (nSPS) is 29.1. The van der Waals surface area contributed by atoms with Crippen molar-refractivity contribution in [3.05, 3.63) is 0 Å². The molecule has 2 fully saturated rings. The molecular weight excluding hydrogens is 224 g/mol. The van der Waals surface area contributed by atoms with Crippen molar-refractivity contribution in [1.29, 1.82) is 0 Å². The molecule has 2 unspecified atom stereocenters. The second-order valence-electron chi connectivity index (χ2n) is 6.03. The summed E-state index contributed by atoms with van der Waals surface area (Å²) in [6, 6.07) is 0.569. The predicted octanol–water partition coefficient (Wildman–Crippen LogP) is 2.90. The van der Waals surface area contributed by atoms with E-state index in [0.717, 1.165) is 13.1 Å². The van der Waals surface area contributed by atoms with Crippen molar-refractivity contribution in [2.24, 2.45) is 5.92 Å². The molecule has 18 heavy (non-hydrogen) atoms. The molecule has 104 valence electrons. The van der Waals surface area contributed by atoms with Crippen LogP contribution in [0.25, 0.3) is 0 Å². The lowest BCUT2D eigenvalue weighted by atomic mass is 9.94. The minimum absolute atomic E-state index is 0.0699. The monoisotopic (exact) mass is 252 g/mol. The second kappa shape index (κ2) is 6.55. The highest BCUT2D eigenvalue weighted by molar-refractivity contribution is 5.84. The van der Waals surface area contributed by atoms with Gasteiger partial charge in [0.2, 0.25) is 5.91 Å².